The highest BCUT2D eigenvalue weighted by molar-refractivity contribution is 6.30. The van der Waals surface area contributed by atoms with Gasteiger partial charge in [-0.15, -0.1) is 0 Å². The molecule has 20 heavy (non-hydrogen) atoms. The quantitative estimate of drug-likeness (QED) is 0.664. The highest BCUT2D eigenvalue weighted by Gasteiger charge is 2.20. The van der Waals surface area contributed by atoms with Crippen molar-refractivity contribution >= 4 is 11.6 Å². The lowest BCUT2D eigenvalue weighted by atomic mass is 9.92. The molecule has 0 aromatic heterocycles. The van der Waals surface area contributed by atoms with Crippen LogP contribution in [0.1, 0.15) is 33.9 Å². The molecule has 1 unspecified atom stereocenters. The van der Waals surface area contributed by atoms with Crippen molar-refractivity contribution in [2.24, 2.45) is 5.84 Å². The number of hydrazine groups is 1. The van der Waals surface area contributed by atoms with Gasteiger partial charge in [0.15, 0.2) is 0 Å². The van der Waals surface area contributed by atoms with Gasteiger partial charge in [-0.2, -0.15) is 0 Å². The van der Waals surface area contributed by atoms with Crippen LogP contribution in [0.5, 0.6) is 0 Å². The van der Waals surface area contributed by atoms with Crippen molar-refractivity contribution < 1.29 is 4.39 Å². The molecule has 0 saturated heterocycles. The van der Waals surface area contributed by atoms with Gasteiger partial charge in [-0.1, -0.05) is 35.9 Å². The number of aryl methyl sites for hydroxylation is 3. The van der Waals surface area contributed by atoms with E-state index in [1.165, 1.54) is 11.6 Å². The largest absolute Gasteiger partial charge is 0.271 e. The summed E-state index contributed by atoms with van der Waals surface area (Å²) in [7, 11) is 0. The first kappa shape index (κ1) is 15.0. The van der Waals surface area contributed by atoms with Gasteiger partial charge in [-0.3, -0.25) is 5.84 Å². The second-order valence-corrected chi connectivity index (χ2v) is 5.44. The van der Waals surface area contributed by atoms with Crippen LogP contribution in [0, 0.1) is 26.6 Å². The van der Waals surface area contributed by atoms with Crippen molar-refractivity contribution in [3.63, 3.8) is 0 Å². The van der Waals surface area contributed by atoms with E-state index in [9.17, 15) is 4.39 Å². The lowest BCUT2D eigenvalue weighted by Crippen LogP contribution is -2.30. The summed E-state index contributed by atoms with van der Waals surface area (Å²) >= 11 is 5.86. The van der Waals surface area contributed by atoms with Gasteiger partial charge in [-0.25, -0.2) is 9.82 Å². The summed E-state index contributed by atoms with van der Waals surface area (Å²) in [5.41, 5.74) is 7.51. The first-order valence-corrected chi connectivity index (χ1v) is 6.81. The number of halogens is 2. The van der Waals surface area contributed by atoms with E-state index in [1.54, 1.807) is 12.1 Å². The van der Waals surface area contributed by atoms with E-state index < -0.39 is 11.9 Å². The van der Waals surface area contributed by atoms with Gasteiger partial charge in [0.1, 0.15) is 5.82 Å². The summed E-state index contributed by atoms with van der Waals surface area (Å²) in [6.45, 7) is 6.08. The monoisotopic (exact) mass is 292 g/mol. The lowest BCUT2D eigenvalue weighted by Gasteiger charge is -2.21. The summed E-state index contributed by atoms with van der Waals surface area (Å²) in [6.07, 6.45) is 0. The van der Waals surface area contributed by atoms with Crippen molar-refractivity contribution in [1.82, 2.24) is 5.43 Å². The lowest BCUT2D eigenvalue weighted by molar-refractivity contribution is 0.559. The number of nitrogens with two attached hydrogens (primary N) is 1. The van der Waals surface area contributed by atoms with E-state index in [-0.39, 0.29) is 5.02 Å². The first-order chi connectivity index (χ1) is 9.45. The average molecular weight is 293 g/mol. The van der Waals surface area contributed by atoms with E-state index in [0.29, 0.717) is 5.56 Å². The molecule has 1 atom stereocenters. The second-order valence-electron chi connectivity index (χ2n) is 5.04. The normalized spacial score (nSPS) is 12.5. The Kier molecular flexibility index (Phi) is 4.43. The van der Waals surface area contributed by atoms with E-state index in [2.05, 4.69) is 18.4 Å². The molecule has 0 amide bonds. The van der Waals surface area contributed by atoms with E-state index in [4.69, 9.17) is 17.4 Å². The Bertz CT molecular complexity index is 641. The molecular weight excluding hydrogens is 275 g/mol. The SMILES string of the molecule is Cc1cc(C)c(C(NN)c2cccc(Cl)c2F)cc1C. The predicted molar refractivity (Wildman–Crippen MR) is 81.2 cm³/mol. The molecule has 4 heteroatoms. The number of hydrogen-bond donors (Lipinski definition) is 2. The van der Waals surface area contributed by atoms with Gasteiger partial charge in [-0.05, 0) is 49.1 Å². The molecule has 0 heterocycles. The predicted octanol–water partition coefficient (Wildman–Crippen LogP) is 3.96. The summed E-state index contributed by atoms with van der Waals surface area (Å²) in [5.74, 6) is 5.22. The van der Waals surface area contributed by atoms with Gasteiger partial charge in [0.05, 0.1) is 11.1 Å². The van der Waals surface area contributed by atoms with Gasteiger partial charge in [0.2, 0.25) is 0 Å². The molecule has 3 N–H and O–H groups in total. The van der Waals surface area contributed by atoms with Crippen molar-refractivity contribution in [2.45, 2.75) is 26.8 Å². The molecule has 0 fully saturated rings. The zero-order valence-corrected chi connectivity index (χ0v) is 12.6. The Morgan fingerprint density at radius 1 is 1.05 bits per heavy atom. The van der Waals surface area contributed by atoms with Crippen LogP contribution in [0.3, 0.4) is 0 Å². The van der Waals surface area contributed by atoms with Crippen LogP contribution in [0.4, 0.5) is 4.39 Å². The van der Waals surface area contributed by atoms with Gasteiger partial charge in [0.25, 0.3) is 0 Å². The molecule has 2 rings (SSSR count). The number of benzene rings is 2. The molecule has 0 aliphatic rings. The fourth-order valence-corrected chi connectivity index (χ4v) is 2.57. The Balaban J connectivity index is 2.58. The zero-order chi connectivity index (χ0) is 14.9. The van der Waals surface area contributed by atoms with E-state index >= 15 is 0 Å². The maximum atomic E-state index is 14.2. The van der Waals surface area contributed by atoms with Crippen molar-refractivity contribution in [3.8, 4) is 0 Å². The van der Waals surface area contributed by atoms with Crippen molar-refractivity contribution in [1.29, 1.82) is 0 Å². The molecule has 0 bridgehead atoms. The molecule has 2 aromatic rings. The molecule has 0 aliphatic heterocycles. The van der Waals surface area contributed by atoms with Crippen molar-refractivity contribution in [2.75, 3.05) is 0 Å². The smallest absolute Gasteiger partial charge is 0.146 e. The van der Waals surface area contributed by atoms with Crippen LogP contribution in [-0.4, -0.2) is 0 Å². The first-order valence-electron chi connectivity index (χ1n) is 6.43. The number of hydrogen-bond acceptors (Lipinski definition) is 2. The third-order valence-corrected chi connectivity index (χ3v) is 3.94. The Morgan fingerprint density at radius 3 is 2.35 bits per heavy atom. The maximum absolute atomic E-state index is 14.2. The minimum absolute atomic E-state index is 0.101. The van der Waals surface area contributed by atoms with Gasteiger partial charge in [0, 0.05) is 5.56 Å². The molecule has 106 valence electrons. The minimum atomic E-state index is -0.435. The zero-order valence-electron chi connectivity index (χ0n) is 11.8. The fraction of sp³-hybridized carbons (Fsp3) is 0.250. The Morgan fingerprint density at radius 2 is 1.70 bits per heavy atom. The summed E-state index contributed by atoms with van der Waals surface area (Å²) < 4.78 is 14.2. The number of nitrogens with one attached hydrogen (secondary N) is 1. The minimum Gasteiger partial charge on any atom is -0.271 e. The van der Waals surface area contributed by atoms with Crippen LogP contribution in [0.25, 0.3) is 0 Å². The highest BCUT2D eigenvalue weighted by atomic mass is 35.5. The standard InChI is InChI=1S/C16H18ClFN2/c1-9-7-11(3)13(8-10(9)2)16(20-19)12-5-4-6-14(17)15(12)18/h4-8,16,20H,19H2,1-3H3. The maximum Gasteiger partial charge on any atom is 0.146 e. The van der Waals surface area contributed by atoms with E-state index in [0.717, 1.165) is 16.7 Å². The van der Waals surface area contributed by atoms with Crippen LogP contribution in [-0.2, 0) is 0 Å². The molecule has 0 spiro atoms. The Hall–Kier alpha value is -1.42. The van der Waals surface area contributed by atoms with Crippen LogP contribution in [0.2, 0.25) is 5.02 Å². The average Bonchev–Trinajstić information content (AvgIpc) is 2.41. The molecule has 2 aromatic carbocycles. The molecule has 0 saturated carbocycles. The summed E-state index contributed by atoms with van der Waals surface area (Å²) in [4.78, 5) is 0. The van der Waals surface area contributed by atoms with Crippen LogP contribution < -0.4 is 11.3 Å². The third-order valence-electron chi connectivity index (χ3n) is 3.65. The molecule has 2 nitrogen and oxygen atoms in total. The summed E-state index contributed by atoms with van der Waals surface area (Å²) in [5, 5.41) is 0.101. The second kappa shape index (κ2) is 5.92. The number of rotatable bonds is 3. The van der Waals surface area contributed by atoms with E-state index in [1.807, 2.05) is 19.9 Å². The molecular formula is C16H18ClFN2. The highest BCUT2D eigenvalue weighted by Crippen LogP contribution is 2.30. The molecule has 0 aliphatic carbocycles. The Labute approximate surface area is 123 Å². The third kappa shape index (κ3) is 2.70. The fourth-order valence-electron chi connectivity index (χ4n) is 2.38. The van der Waals surface area contributed by atoms with Crippen molar-refractivity contribution in [3.05, 3.63) is 69.0 Å². The van der Waals surface area contributed by atoms with Gasteiger partial charge >= 0.3 is 0 Å². The van der Waals surface area contributed by atoms with Crippen LogP contribution >= 0.6 is 11.6 Å². The topological polar surface area (TPSA) is 38.0 Å². The molecule has 0 radical (unpaired) electrons. The van der Waals surface area contributed by atoms with Gasteiger partial charge < -0.3 is 0 Å². The summed E-state index contributed by atoms with van der Waals surface area (Å²) in [6, 6.07) is 8.64. The van der Waals surface area contributed by atoms with Crippen LogP contribution in [0.15, 0.2) is 30.3 Å².